The zero-order valence-electron chi connectivity index (χ0n) is 10.5. The van der Waals surface area contributed by atoms with Crippen molar-refractivity contribution in [2.75, 3.05) is 5.32 Å². The van der Waals surface area contributed by atoms with E-state index < -0.39 is 0 Å². The lowest BCUT2D eigenvalue weighted by Crippen LogP contribution is -2.01. The Hall–Kier alpha value is -1.54. The molecular weight excluding hydrogens is 261 g/mol. The summed E-state index contributed by atoms with van der Waals surface area (Å²) in [5, 5.41) is 3.63. The molecule has 98 valence electrons. The maximum atomic E-state index is 13.6. The fourth-order valence-corrected chi connectivity index (χ4v) is 2.38. The smallest absolute Gasteiger partial charge is 0.146 e. The van der Waals surface area contributed by atoms with Crippen LogP contribution in [-0.4, -0.2) is 0 Å². The number of nitrogens with one attached hydrogen (secondary N) is 1. The molecule has 0 amide bonds. The van der Waals surface area contributed by atoms with Crippen molar-refractivity contribution in [2.24, 2.45) is 0 Å². The summed E-state index contributed by atoms with van der Waals surface area (Å²) in [7, 11) is 0. The quantitative estimate of drug-likeness (QED) is 0.831. The highest BCUT2D eigenvalue weighted by Crippen LogP contribution is 2.40. The van der Waals surface area contributed by atoms with Gasteiger partial charge in [-0.1, -0.05) is 35.9 Å². The Kier molecular flexibility index (Phi) is 3.43. The first-order valence-corrected chi connectivity index (χ1v) is 6.88. The number of hydrogen-bond donors (Lipinski definition) is 1. The maximum absolute atomic E-state index is 13.6. The predicted octanol–water partition coefficient (Wildman–Crippen LogP) is 4.97. The standard InChI is InChI=1S/C16H15ClFN/c17-14-6-7-15(18)16(9-14)19-10-11-2-1-3-13(8-11)12-4-5-12/h1-3,6-9,12,19H,4-5,10H2. The third kappa shape index (κ3) is 3.07. The van der Waals surface area contributed by atoms with E-state index in [4.69, 9.17) is 11.6 Å². The van der Waals surface area contributed by atoms with E-state index in [-0.39, 0.29) is 5.82 Å². The van der Waals surface area contributed by atoms with Gasteiger partial charge >= 0.3 is 0 Å². The van der Waals surface area contributed by atoms with Crippen molar-refractivity contribution in [3.05, 3.63) is 64.4 Å². The molecule has 0 aliphatic heterocycles. The van der Waals surface area contributed by atoms with Crippen LogP contribution in [-0.2, 0) is 6.54 Å². The minimum Gasteiger partial charge on any atom is -0.379 e. The first-order valence-electron chi connectivity index (χ1n) is 6.50. The monoisotopic (exact) mass is 275 g/mol. The Labute approximate surface area is 117 Å². The minimum atomic E-state index is -0.275. The molecule has 0 unspecified atom stereocenters. The molecule has 1 saturated carbocycles. The Morgan fingerprint density at radius 2 is 2.00 bits per heavy atom. The van der Waals surface area contributed by atoms with E-state index in [1.54, 1.807) is 12.1 Å². The molecule has 0 bridgehead atoms. The second-order valence-electron chi connectivity index (χ2n) is 5.00. The highest BCUT2D eigenvalue weighted by atomic mass is 35.5. The number of benzene rings is 2. The van der Waals surface area contributed by atoms with Gasteiger partial charge in [0.05, 0.1) is 5.69 Å². The van der Waals surface area contributed by atoms with Crippen LogP contribution in [0.2, 0.25) is 5.02 Å². The SMILES string of the molecule is Fc1ccc(Cl)cc1NCc1cccc(C2CC2)c1. The van der Waals surface area contributed by atoms with Crippen LogP contribution in [0.1, 0.15) is 29.9 Å². The van der Waals surface area contributed by atoms with Gasteiger partial charge in [-0.15, -0.1) is 0 Å². The molecule has 0 heterocycles. The molecule has 0 spiro atoms. The van der Waals surface area contributed by atoms with Crippen LogP contribution < -0.4 is 5.32 Å². The van der Waals surface area contributed by atoms with Crippen LogP contribution >= 0.6 is 11.6 Å². The van der Waals surface area contributed by atoms with Gasteiger partial charge in [-0.05, 0) is 48.1 Å². The topological polar surface area (TPSA) is 12.0 Å². The third-order valence-electron chi connectivity index (χ3n) is 3.41. The molecule has 0 aromatic heterocycles. The van der Waals surface area contributed by atoms with E-state index in [0.717, 1.165) is 5.92 Å². The zero-order chi connectivity index (χ0) is 13.2. The molecule has 2 aromatic carbocycles. The molecule has 2 aromatic rings. The van der Waals surface area contributed by atoms with Crippen molar-refractivity contribution in [2.45, 2.75) is 25.3 Å². The third-order valence-corrected chi connectivity index (χ3v) is 3.65. The fraction of sp³-hybridized carbons (Fsp3) is 0.250. The van der Waals surface area contributed by atoms with Crippen LogP contribution in [0.15, 0.2) is 42.5 Å². The Morgan fingerprint density at radius 1 is 1.16 bits per heavy atom. The number of rotatable bonds is 4. The van der Waals surface area contributed by atoms with E-state index >= 15 is 0 Å². The summed E-state index contributed by atoms with van der Waals surface area (Å²) in [6, 6.07) is 13.0. The lowest BCUT2D eigenvalue weighted by molar-refractivity contribution is 0.630. The second kappa shape index (κ2) is 5.22. The molecule has 0 radical (unpaired) electrons. The molecule has 0 atom stereocenters. The highest BCUT2D eigenvalue weighted by molar-refractivity contribution is 6.30. The normalized spacial score (nSPS) is 14.4. The molecule has 1 aliphatic rings. The van der Waals surface area contributed by atoms with Gasteiger partial charge in [0.1, 0.15) is 5.82 Å². The van der Waals surface area contributed by atoms with Crippen LogP contribution in [0.25, 0.3) is 0 Å². The van der Waals surface area contributed by atoms with Crippen molar-refractivity contribution in [3.8, 4) is 0 Å². The Morgan fingerprint density at radius 3 is 2.79 bits per heavy atom. The average molecular weight is 276 g/mol. The van der Waals surface area contributed by atoms with E-state index in [9.17, 15) is 4.39 Å². The van der Waals surface area contributed by atoms with E-state index in [1.807, 2.05) is 0 Å². The van der Waals surface area contributed by atoms with Gasteiger partial charge in [0.15, 0.2) is 0 Å². The van der Waals surface area contributed by atoms with Crippen molar-refractivity contribution in [1.29, 1.82) is 0 Å². The Balaban J connectivity index is 1.71. The largest absolute Gasteiger partial charge is 0.379 e. The molecule has 1 nitrogen and oxygen atoms in total. The van der Waals surface area contributed by atoms with Crippen molar-refractivity contribution >= 4 is 17.3 Å². The van der Waals surface area contributed by atoms with Gasteiger partial charge in [-0.2, -0.15) is 0 Å². The van der Waals surface area contributed by atoms with Crippen LogP contribution in [0.5, 0.6) is 0 Å². The van der Waals surface area contributed by atoms with Crippen molar-refractivity contribution in [1.82, 2.24) is 0 Å². The second-order valence-corrected chi connectivity index (χ2v) is 5.43. The zero-order valence-corrected chi connectivity index (χ0v) is 11.3. The van der Waals surface area contributed by atoms with Gasteiger partial charge in [0.25, 0.3) is 0 Å². The Bertz CT molecular complexity index is 593. The van der Waals surface area contributed by atoms with Crippen LogP contribution in [0.4, 0.5) is 10.1 Å². The van der Waals surface area contributed by atoms with Crippen molar-refractivity contribution in [3.63, 3.8) is 0 Å². The molecular formula is C16H15ClFN. The van der Waals surface area contributed by atoms with E-state index in [0.29, 0.717) is 17.3 Å². The van der Waals surface area contributed by atoms with E-state index in [2.05, 4.69) is 29.6 Å². The minimum absolute atomic E-state index is 0.275. The summed E-state index contributed by atoms with van der Waals surface area (Å²) in [6.07, 6.45) is 2.58. The summed E-state index contributed by atoms with van der Waals surface area (Å²) in [5.41, 5.74) is 3.01. The van der Waals surface area contributed by atoms with Gasteiger partial charge in [0.2, 0.25) is 0 Å². The molecule has 19 heavy (non-hydrogen) atoms. The number of anilines is 1. The first kappa shape index (κ1) is 12.5. The van der Waals surface area contributed by atoms with Crippen molar-refractivity contribution < 1.29 is 4.39 Å². The summed E-state index contributed by atoms with van der Waals surface area (Å²) in [4.78, 5) is 0. The van der Waals surface area contributed by atoms with Gasteiger partial charge in [-0.3, -0.25) is 0 Å². The maximum Gasteiger partial charge on any atom is 0.146 e. The molecule has 1 fully saturated rings. The summed E-state index contributed by atoms with van der Waals surface area (Å²) >= 11 is 5.87. The molecule has 1 aliphatic carbocycles. The number of halogens is 2. The predicted molar refractivity (Wildman–Crippen MR) is 77.2 cm³/mol. The lowest BCUT2D eigenvalue weighted by atomic mass is 10.1. The van der Waals surface area contributed by atoms with Gasteiger partial charge in [0, 0.05) is 11.6 Å². The number of hydrogen-bond acceptors (Lipinski definition) is 1. The molecule has 3 rings (SSSR count). The van der Waals surface area contributed by atoms with E-state index in [1.165, 1.54) is 30.0 Å². The summed E-state index contributed by atoms with van der Waals surface area (Å²) < 4.78 is 13.6. The molecule has 3 heteroatoms. The van der Waals surface area contributed by atoms with Gasteiger partial charge in [-0.25, -0.2) is 4.39 Å². The highest BCUT2D eigenvalue weighted by Gasteiger charge is 2.23. The lowest BCUT2D eigenvalue weighted by Gasteiger charge is -2.09. The molecule has 1 N–H and O–H groups in total. The first-order chi connectivity index (χ1) is 9.22. The fourth-order valence-electron chi connectivity index (χ4n) is 2.20. The summed E-state index contributed by atoms with van der Waals surface area (Å²) in [5.74, 6) is 0.464. The van der Waals surface area contributed by atoms with Crippen LogP contribution in [0.3, 0.4) is 0 Å². The van der Waals surface area contributed by atoms with Crippen LogP contribution in [0, 0.1) is 5.82 Å². The molecule has 0 saturated heterocycles. The average Bonchev–Trinajstić information content (AvgIpc) is 3.25. The summed E-state index contributed by atoms with van der Waals surface area (Å²) in [6.45, 7) is 0.609. The van der Waals surface area contributed by atoms with Gasteiger partial charge < -0.3 is 5.32 Å².